The van der Waals surface area contributed by atoms with Crippen LogP contribution in [0.3, 0.4) is 0 Å². The van der Waals surface area contributed by atoms with Crippen molar-refractivity contribution in [1.82, 2.24) is 5.32 Å². The van der Waals surface area contributed by atoms with E-state index in [0.717, 1.165) is 18.6 Å². The molecule has 20 heavy (non-hydrogen) atoms. The monoisotopic (exact) mass is 302 g/mol. The first kappa shape index (κ1) is 14.7. The third-order valence-electron chi connectivity index (χ3n) is 2.99. The number of carbonyl (C=O) groups is 1. The summed E-state index contributed by atoms with van der Waals surface area (Å²) in [5.41, 5.74) is -1.50. The van der Waals surface area contributed by atoms with E-state index in [1.54, 1.807) is 11.8 Å². The summed E-state index contributed by atoms with van der Waals surface area (Å²) in [7, 11) is 0. The third kappa shape index (κ3) is 3.24. The Morgan fingerprint density at radius 3 is 2.80 bits per heavy atom. The van der Waals surface area contributed by atoms with Crippen LogP contribution in [0.15, 0.2) is 12.1 Å². The van der Waals surface area contributed by atoms with E-state index in [4.69, 9.17) is 0 Å². The van der Waals surface area contributed by atoms with Crippen molar-refractivity contribution in [3.63, 3.8) is 0 Å². The number of halogens is 2. The second-order valence-electron chi connectivity index (χ2n) is 4.39. The van der Waals surface area contributed by atoms with Crippen molar-refractivity contribution in [1.29, 1.82) is 0 Å². The summed E-state index contributed by atoms with van der Waals surface area (Å²) >= 11 is 1.72. The van der Waals surface area contributed by atoms with Crippen molar-refractivity contribution in [3.8, 4) is 0 Å². The highest BCUT2D eigenvalue weighted by Gasteiger charge is 2.23. The number of hydrogen-bond acceptors (Lipinski definition) is 4. The Morgan fingerprint density at radius 2 is 2.20 bits per heavy atom. The minimum Gasteiger partial charge on any atom is -0.351 e. The number of hydrogen-bond donors (Lipinski definition) is 1. The SMILES string of the molecule is O=C(NCC1CCCS1)c1cc(F)c([N+](=O)[O-])cc1F. The zero-order chi connectivity index (χ0) is 14.7. The fourth-order valence-electron chi connectivity index (χ4n) is 1.96. The number of benzene rings is 1. The number of rotatable bonds is 4. The van der Waals surface area contributed by atoms with E-state index < -0.39 is 33.7 Å². The molecule has 0 saturated carbocycles. The van der Waals surface area contributed by atoms with Crippen molar-refractivity contribution in [2.24, 2.45) is 0 Å². The van der Waals surface area contributed by atoms with Crippen LogP contribution in [-0.2, 0) is 0 Å². The lowest BCUT2D eigenvalue weighted by Gasteiger charge is -2.10. The van der Waals surface area contributed by atoms with Crippen molar-refractivity contribution in [2.45, 2.75) is 18.1 Å². The van der Waals surface area contributed by atoms with Crippen LogP contribution >= 0.6 is 11.8 Å². The molecular formula is C12H12F2N2O3S. The van der Waals surface area contributed by atoms with E-state index in [1.165, 1.54) is 0 Å². The minimum atomic E-state index is -1.23. The number of nitro benzene ring substituents is 1. The van der Waals surface area contributed by atoms with Crippen LogP contribution in [0.4, 0.5) is 14.5 Å². The number of carbonyl (C=O) groups excluding carboxylic acids is 1. The first-order chi connectivity index (χ1) is 9.49. The quantitative estimate of drug-likeness (QED) is 0.685. The maximum Gasteiger partial charge on any atom is 0.307 e. The van der Waals surface area contributed by atoms with Crippen LogP contribution in [0.5, 0.6) is 0 Å². The minimum absolute atomic E-state index is 0.282. The van der Waals surface area contributed by atoms with Gasteiger partial charge in [0.1, 0.15) is 5.82 Å². The van der Waals surface area contributed by atoms with Gasteiger partial charge in [0, 0.05) is 11.8 Å². The highest BCUT2D eigenvalue weighted by molar-refractivity contribution is 8.00. The largest absolute Gasteiger partial charge is 0.351 e. The van der Waals surface area contributed by atoms with E-state index in [1.807, 2.05) is 0 Å². The number of amides is 1. The average Bonchev–Trinajstić information content (AvgIpc) is 2.91. The Bertz CT molecular complexity index is 548. The molecular weight excluding hydrogens is 290 g/mol. The summed E-state index contributed by atoms with van der Waals surface area (Å²) in [5.74, 6) is -2.06. The molecule has 1 N–H and O–H groups in total. The zero-order valence-corrected chi connectivity index (χ0v) is 11.2. The molecule has 0 aliphatic carbocycles. The molecule has 1 amide bonds. The Labute approximate surface area is 117 Å². The Morgan fingerprint density at radius 1 is 1.45 bits per heavy atom. The molecule has 1 atom stereocenters. The molecule has 0 radical (unpaired) electrons. The second kappa shape index (κ2) is 6.17. The maximum absolute atomic E-state index is 13.6. The summed E-state index contributed by atoms with van der Waals surface area (Å²) in [6.07, 6.45) is 2.05. The van der Waals surface area contributed by atoms with Crippen LogP contribution in [0.1, 0.15) is 23.2 Å². The summed E-state index contributed by atoms with van der Waals surface area (Å²) in [4.78, 5) is 21.2. The third-order valence-corrected chi connectivity index (χ3v) is 4.39. The van der Waals surface area contributed by atoms with Crippen LogP contribution in [-0.4, -0.2) is 28.4 Å². The van der Waals surface area contributed by atoms with E-state index in [2.05, 4.69) is 5.32 Å². The zero-order valence-electron chi connectivity index (χ0n) is 10.4. The fourth-order valence-corrected chi connectivity index (χ4v) is 3.16. The van der Waals surface area contributed by atoms with Crippen molar-refractivity contribution >= 4 is 23.4 Å². The Balaban J connectivity index is 2.09. The highest BCUT2D eigenvalue weighted by Crippen LogP contribution is 2.25. The van der Waals surface area contributed by atoms with Gasteiger partial charge >= 0.3 is 5.69 Å². The molecule has 8 heteroatoms. The van der Waals surface area contributed by atoms with E-state index >= 15 is 0 Å². The number of nitrogens with one attached hydrogen (secondary N) is 1. The predicted molar refractivity (Wildman–Crippen MR) is 70.8 cm³/mol. The van der Waals surface area contributed by atoms with Crippen LogP contribution in [0.2, 0.25) is 0 Å². The molecule has 1 unspecified atom stereocenters. The van der Waals surface area contributed by atoms with E-state index in [-0.39, 0.29) is 5.25 Å². The Kier molecular flexibility index (Phi) is 4.53. The molecule has 0 bridgehead atoms. The predicted octanol–water partition coefficient (Wildman–Crippen LogP) is 2.50. The molecule has 2 rings (SSSR count). The van der Waals surface area contributed by atoms with Gasteiger partial charge in [-0.05, 0) is 24.7 Å². The standard InChI is InChI=1S/C12H12F2N2O3S/c13-9-5-11(16(18)19)10(14)4-8(9)12(17)15-6-7-2-1-3-20-7/h4-5,7H,1-3,6H2,(H,15,17). The summed E-state index contributed by atoms with van der Waals surface area (Å²) < 4.78 is 27.0. The summed E-state index contributed by atoms with van der Waals surface area (Å²) in [6.45, 7) is 0.377. The smallest absolute Gasteiger partial charge is 0.307 e. The van der Waals surface area contributed by atoms with Crippen molar-refractivity contribution < 1.29 is 18.5 Å². The number of thioether (sulfide) groups is 1. The van der Waals surface area contributed by atoms with E-state index in [9.17, 15) is 23.7 Å². The van der Waals surface area contributed by atoms with Crippen LogP contribution < -0.4 is 5.32 Å². The molecule has 1 aliphatic rings. The normalized spacial score (nSPS) is 18.0. The van der Waals surface area contributed by atoms with Crippen LogP contribution in [0.25, 0.3) is 0 Å². The lowest BCUT2D eigenvalue weighted by molar-refractivity contribution is -0.387. The molecule has 1 aromatic carbocycles. The van der Waals surface area contributed by atoms with Gasteiger partial charge in [0.25, 0.3) is 5.91 Å². The first-order valence-corrected chi connectivity index (χ1v) is 7.07. The lowest BCUT2D eigenvalue weighted by atomic mass is 10.1. The second-order valence-corrected chi connectivity index (χ2v) is 5.79. The molecule has 5 nitrogen and oxygen atoms in total. The maximum atomic E-state index is 13.6. The molecule has 1 saturated heterocycles. The number of nitro groups is 1. The van der Waals surface area contributed by atoms with Crippen molar-refractivity contribution in [3.05, 3.63) is 39.4 Å². The number of nitrogens with zero attached hydrogens (tertiary/aromatic N) is 1. The Hall–Kier alpha value is -1.70. The lowest BCUT2D eigenvalue weighted by Crippen LogP contribution is -2.30. The molecule has 108 valence electrons. The van der Waals surface area contributed by atoms with Gasteiger partial charge in [-0.1, -0.05) is 0 Å². The van der Waals surface area contributed by atoms with Gasteiger partial charge in [0.15, 0.2) is 0 Å². The molecule has 0 spiro atoms. The topological polar surface area (TPSA) is 72.2 Å². The molecule has 1 aliphatic heterocycles. The summed E-state index contributed by atoms with van der Waals surface area (Å²) in [6, 6.07) is 0.985. The molecule has 1 fully saturated rings. The van der Waals surface area contributed by atoms with Gasteiger partial charge < -0.3 is 5.32 Å². The first-order valence-electron chi connectivity index (χ1n) is 6.02. The molecule has 1 heterocycles. The van der Waals surface area contributed by atoms with E-state index in [0.29, 0.717) is 18.7 Å². The van der Waals surface area contributed by atoms with Gasteiger partial charge in [-0.2, -0.15) is 16.2 Å². The molecule has 1 aromatic rings. The van der Waals surface area contributed by atoms with Gasteiger partial charge in [-0.15, -0.1) is 0 Å². The van der Waals surface area contributed by atoms with Gasteiger partial charge in [-0.25, -0.2) is 4.39 Å². The van der Waals surface area contributed by atoms with Crippen molar-refractivity contribution in [2.75, 3.05) is 12.3 Å². The highest BCUT2D eigenvalue weighted by atomic mass is 32.2. The van der Waals surface area contributed by atoms with Gasteiger partial charge in [-0.3, -0.25) is 14.9 Å². The fraction of sp³-hybridized carbons (Fsp3) is 0.417. The average molecular weight is 302 g/mol. The summed E-state index contributed by atoms with van der Waals surface area (Å²) in [5, 5.41) is 13.3. The molecule has 0 aromatic heterocycles. The van der Waals surface area contributed by atoms with Gasteiger partial charge in [0.05, 0.1) is 16.6 Å². The van der Waals surface area contributed by atoms with Crippen LogP contribution in [0, 0.1) is 21.7 Å². The van der Waals surface area contributed by atoms with Gasteiger partial charge in [0.2, 0.25) is 5.82 Å².